The van der Waals surface area contributed by atoms with Gasteiger partial charge in [0.2, 0.25) is 0 Å². The van der Waals surface area contributed by atoms with Crippen LogP contribution in [0.2, 0.25) is 0 Å². The highest BCUT2D eigenvalue weighted by Crippen LogP contribution is 2.31. The van der Waals surface area contributed by atoms with Crippen molar-refractivity contribution in [2.75, 3.05) is 5.73 Å². The molecule has 0 atom stereocenters. The van der Waals surface area contributed by atoms with Gasteiger partial charge in [-0.3, -0.25) is 9.20 Å². The third-order valence-corrected chi connectivity index (χ3v) is 3.51. The lowest BCUT2D eigenvalue weighted by Crippen LogP contribution is -2.01. The molecule has 0 saturated carbocycles. The zero-order valence-corrected chi connectivity index (χ0v) is 11.4. The highest BCUT2D eigenvalue weighted by molar-refractivity contribution is 5.95. The van der Waals surface area contributed by atoms with Crippen molar-refractivity contribution in [3.05, 3.63) is 54.0 Å². The van der Waals surface area contributed by atoms with Gasteiger partial charge < -0.3 is 5.73 Å². The Labute approximate surface area is 116 Å². The second-order valence-corrected chi connectivity index (χ2v) is 4.85. The second kappa shape index (κ2) is 4.49. The van der Waals surface area contributed by atoms with Gasteiger partial charge in [0.25, 0.3) is 0 Å². The van der Waals surface area contributed by atoms with Gasteiger partial charge in [-0.2, -0.15) is 0 Å². The molecule has 0 bridgehead atoms. The number of anilines is 1. The minimum Gasteiger partial charge on any atom is -0.395 e. The van der Waals surface area contributed by atoms with E-state index in [0.29, 0.717) is 17.0 Å². The molecule has 4 heteroatoms. The highest BCUT2D eigenvalue weighted by Gasteiger charge is 2.13. The van der Waals surface area contributed by atoms with Gasteiger partial charge in [0.15, 0.2) is 11.4 Å². The molecule has 1 aromatic carbocycles. The van der Waals surface area contributed by atoms with Crippen molar-refractivity contribution in [3.8, 4) is 11.1 Å². The van der Waals surface area contributed by atoms with E-state index in [-0.39, 0.29) is 5.78 Å². The van der Waals surface area contributed by atoms with E-state index < -0.39 is 0 Å². The van der Waals surface area contributed by atoms with Gasteiger partial charge in [0, 0.05) is 18.7 Å². The van der Waals surface area contributed by atoms with Crippen molar-refractivity contribution in [3.63, 3.8) is 0 Å². The molecule has 0 amide bonds. The fraction of sp³-hybridized carbons (Fsp3) is 0.125. The molecule has 0 aliphatic carbocycles. The second-order valence-electron chi connectivity index (χ2n) is 4.85. The normalized spacial score (nSPS) is 10.9. The van der Waals surface area contributed by atoms with Crippen LogP contribution in [0.3, 0.4) is 0 Å². The number of pyridine rings is 1. The minimum atomic E-state index is -0.0273. The number of aryl methyl sites for hydroxylation is 1. The summed E-state index contributed by atoms with van der Waals surface area (Å²) in [5.41, 5.74) is 11.2. The monoisotopic (exact) mass is 265 g/mol. The number of fused-ring (bicyclic) bond motifs is 1. The summed E-state index contributed by atoms with van der Waals surface area (Å²) in [7, 11) is 0. The van der Waals surface area contributed by atoms with Crippen LogP contribution >= 0.6 is 0 Å². The SMILES string of the molecule is CC(=O)c1cnc2c(N)c(-c3ccccc3C)ccn12. The number of aromatic nitrogens is 2. The molecule has 0 saturated heterocycles. The van der Waals surface area contributed by atoms with Gasteiger partial charge >= 0.3 is 0 Å². The van der Waals surface area contributed by atoms with Crippen molar-refractivity contribution < 1.29 is 4.79 Å². The van der Waals surface area contributed by atoms with Gasteiger partial charge in [-0.1, -0.05) is 24.3 Å². The van der Waals surface area contributed by atoms with E-state index in [1.165, 1.54) is 6.92 Å². The molecular formula is C16H15N3O. The van der Waals surface area contributed by atoms with Crippen molar-refractivity contribution >= 4 is 17.1 Å². The first-order valence-corrected chi connectivity index (χ1v) is 6.42. The lowest BCUT2D eigenvalue weighted by molar-refractivity contribution is 0.101. The number of nitrogen functional groups attached to an aromatic ring is 1. The predicted molar refractivity (Wildman–Crippen MR) is 79.8 cm³/mol. The molecule has 3 rings (SSSR count). The van der Waals surface area contributed by atoms with Crippen LogP contribution in [0.5, 0.6) is 0 Å². The molecule has 2 N–H and O–H groups in total. The van der Waals surface area contributed by atoms with E-state index in [0.717, 1.165) is 16.7 Å². The van der Waals surface area contributed by atoms with Crippen LogP contribution in [-0.4, -0.2) is 15.2 Å². The molecule has 0 spiro atoms. The maximum atomic E-state index is 11.5. The summed E-state index contributed by atoms with van der Waals surface area (Å²) in [6.07, 6.45) is 3.41. The van der Waals surface area contributed by atoms with Crippen molar-refractivity contribution in [1.82, 2.24) is 9.38 Å². The average Bonchev–Trinajstić information content (AvgIpc) is 2.85. The third kappa shape index (κ3) is 1.77. The van der Waals surface area contributed by atoms with Crippen molar-refractivity contribution in [2.24, 2.45) is 0 Å². The van der Waals surface area contributed by atoms with Gasteiger partial charge in [-0.15, -0.1) is 0 Å². The van der Waals surface area contributed by atoms with Crippen LogP contribution in [-0.2, 0) is 0 Å². The molecule has 4 nitrogen and oxygen atoms in total. The number of imidazole rings is 1. The van der Waals surface area contributed by atoms with E-state index in [1.807, 2.05) is 43.5 Å². The zero-order valence-electron chi connectivity index (χ0n) is 11.4. The molecule has 20 heavy (non-hydrogen) atoms. The Morgan fingerprint density at radius 1 is 1.20 bits per heavy atom. The molecule has 2 heterocycles. The fourth-order valence-electron chi connectivity index (χ4n) is 2.44. The largest absolute Gasteiger partial charge is 0.395 e. The molecule has 0 fully saturated rings. The van der Waals surface area contributed by atoms with Crippen LogP contribution in [0.4, 0.5) is 5.69 Å². The summed E-state index contributed by atoms with van der Waals surface area (Å²) in [4.78, 5) is 15.8. The smallest absolute Gasteiger partial charge is 0.178 e. The number of Topliss-reactive ketones (excluding diaryl/α,β-unsaturated/α-hetero) is 1. The minimum absolute atomic E-state index is 0.0273. The number of carbonyl (C=O) groups excluding carboxylic acids is 1. The lowest BCUT2D eigenvalue weighted by atomic mass is 10.0. The van der Waals surface area contributed by atoms with Gasteiger partial charge in [-0.05, 0) is 24.1 Å². The quantitative estimate of drug-likeness (QED) is 0.724. The van der Waals surface area contributed by atoms with Crippen LogP contribution < -0.4 is 5.73 Å². The van der Waals surface area contributed by atoms with E-state index in [2.05, 4.69) is 4.98 Å². The van der Waals surface area contributed by atoms with Crippen LogP contribution in [0.15, 0.2) is 42.7 Å². The molecule has 0 aliphatic heterocycles. The number of nitrogens with zero attached hydrogens (tertiary/aromatic N) is 2. The lowest BCUT2D eigenvalue weighted by Gasteiger charge is -2.10. The molecule has 0 aliphatic rings. The summed E-state index contributed by atoms with van der Waals surface area (Å²) < 4.78 is 1.74. The Morgan fingerprint density at radius 3 is 2.65 bits per heavy atom. The first-order valence-electron chi connectivity index (χ1n) is 6.42. The first-order chi connectivity index (χ1) is 9.59. The summed E-state index contributed by atoms with van der Waals surface area (Å²) in [6.45, 7) is 3.57. The van der Waals surface area contributed by atoms with Gasteiger partial charge in [0.05, 0.1) is 11.9 Å². The Balaban J connectivity index is 2.28. The third-order valence-electron chi connectivity index (χ3n) is 3.51. The number of nitrogens with two attached hydrogens (primary N) is 1. The summed E-state index contributed by atoms with van der Waals surface area (Å²) in [5, 5.41) is 0. The van der Waals surface area contributed by atoms with Crippen LogP contribution in [0.25, 0.3) is 16.8 Å². The number of rotatable bonds is 2. The standard InChI is InChI=1S/C16H15N3O/c1-10-5-3-4-6-12(10)13-7-8-19-14(11(2)20)9-18-16(19)15(13)17/h3-9H,17H2,1-2H3. The molecular weight excluding hydrogens is 250 g/mol. The number of benzene rings is 1. The number of hydrogen-bond donors (Lipinski definition) is 1. The Bertz CT molecular complexity index is 818. The van der Waals surface area contributed by atoms with Crippen molar-refractivity contribution in [1.29, 1.82) is 0 Å². The van der Waals surface area contributed by atoms with Gasteiger partial charge in [0.1, 0.15) is 5.69 Å². The maximum absolute atomic E-state index is 11.5. The Morgan fingerprint density at radius 2 is 1.95 bits per heavy atom. The molecule has 100 valence electrons. The molecule has 3 aromatic rings. The number of carbonyl (C=O) groups is 1. The molecule has 0 radical (unpaired) electrons. The van der Waals surface area contributed by atoms with E-state index in [1.54, 1.807) is 10.6 Å². The van der Waals surface area contributed by atoms with E-state index in [4.69, 9.17) is 5.73 Å². The molecule has 0 unspecified atom stereocenters. The topological polar surface area (TPSA) is 60.4 Å². The number of ketones is 1. The Hall–Kier alpha value is -2.62. The first kappa shape index (κ1) is 12.4. The van der Waals surface area contributed by atoms with Crippen LogP contribution in [0, 0.1) is 6.92 Å². The van der Waals surface area contributed by atoms with Crippen molar-refractivity contribution in [2.45, 2.75) is 13.8 Å². The zero-order chi connectivity index (χ0) is 14.3. The van der Waals surface area contributed by atoms with Crippen LogP contribution in [0.1, 0.15) is 23.0 Å². The highest BCUT2D eigenvalue weighted by atomic mass is 16.1. The maximum Gasteiger partial charge on any atom is 0.178 e. The number of hydrogen-bond acceptors (Lipinski definition) is 3. The van der Waals surface area contributed by atoms with Gasteiger partial charge in [-0.25, -0.2) is 4.98 Å². The Kier molecular flexibility index (Phi) is 2.79. The average molecular weight is 265 g/mol. The molecule has 2 aromatic heterocycles. The summed E-state index contributed by atoms with van der Waals surface area (Å²) >= 11 is 0. The summed E-state index contributed by atoms with van der Waals surface area (Å²) in [5.74, 6) is -0.0273. The fourth-order valence-corrected chi connectivity index (χ4v) is 2.44. The predicted octanol–water partition coefficient (Wildman–Crippen LogP) is 3.09. The van der Waals surface area contributed by atoms with E-state index >= 15 is 0 Å². The summed E-state index contributed by atoms with van der Waals surface area (Å²) in [6, 6.07) is 9.99. The van der Waals surface area contributed by atoms with E-state index in [9.17, 15) is 4.79 Å².